The molecule has 1 aromatic carbocycles. The molecule has 3 rings (SSSR count). The van der Waals surface area contributed by atoms with Gasteiger partial charge < -0.3 is 10.2 Å². The minimum atomic E-state index is 1.01. The highest BCUT2D eigenvalue weighted by Crippen LogP contribution is 2.28. The summed E-state index contributed by atoms with van der Waals surface area (Å²) in [5.41, 5.74) is 2.16. The van der Waals surface area contributed by atoms with Crippen LogP contribution in [0.5, 0.6) is 0 Å². The van der Waals surface area contributed by atoms with Crippen LogP contribution in [0.15, 0.2) is 30.3 Å². The van der Waals surface area contributed by atoms with Gasteiger partial charge in [-0.15, -0.1) is 0 Å². The van der Waals surface area contributed by atoms with E-state index in [0.29, 0.717) is 0 Å². The molecule has 1 aliphatic heterocycles. The van der Waals surface area contributed by atoms with E-state index in [1.54, 1.807) is 0 Å². The van der Waals surface area contributed by atoms with Gasteiger partial charge in [-0.25, -0.2) is 0 Å². The molecule has 4 nitrogen and oxygen atoms in total. The van der Waals surface area contributed by atoms with E-state index in [4.69, 9.17) is 0 Å². The molecule has 1 N–H and O–H groups in total. The Morgan fingerprint density at radius 2 is 1.82 bits per heavy atom. The van der Waals surface area contributed by atoms with E-state index >= 15 is 0 Å². The molecule has 1 fully saturated rings. The number of anilines is 1. The molecule has 0 amide bonds. The average molecular weight is 246 g/mol. The smallest absolute Gasteiger partial charge is 0.170 e. The first-order valence-electron chi connectivity index (χ1n) is 5.79. The number of benzene rings is 1. The van der Waals surface area contributed by atoms with Crippen molar-refractivity contribution >= 4 is 17.5 Å². The Morgan fingerprint density at radius 1 is 1.06 bits per heavy atom. The lowest BCUT2D eigenvalue weighted by Crippen LogP contribution is -2.43. The van der Waals surface area contributed by atoms with Crippen molar-refractivity contribution in [3.8, 4) is 11.3 Å². The molecule has 0 saturated carbocycles. The summed E-state index contributed by atoms with van der Waals surface area (Å²) in [6, 6.07) is 10.3. The fourth-order valence-corrected chi connectivity index (χ4v) is 2.63. The van der Waals surface area contributed by atoms with Crippen molar-refractivity contribution in [2.24, 2.45) is 0 Å². The zero-order valence-electron chi connectivity index (χ0n) is 9.47. The van der Waals surface area contributed by atoms with Crippen molar-refractivity contribution in [2.75, 3.05) is 31.1 Å². The normalized spacial score (nSPS) is 16.1. The van der Waals surface area contributed by atoms with Gasteiger partial charge in [0, 0.05) is 31.7 Å². The fraction of sp³-hybridized carbons (Fsp3) is 0.333. The number of nitrogens with one attached hydrogen (secondary N) is 1. The van der Waals surface area contributed by atoms with Gasteiger partial charge in [0.25, 0.3) is 0 Å². The first kappa shape index (κ1) is 10.7. The lowest BCUT2D eigenvalue weighted by molar-refractivity contribution is 0.586. The number of hydrogen-bond donors (Lipinski definition) is 1. The van der Waals surface area contributed by atoms with Crippen LogP contribution in [0.25, 0.3) is 11.3 Å². The molecule has 0 spiro atoms. The number of rotatable bonds is 2. The molecule has 88 valence electrons. The van der Waals surface area contributed by atoms with Crippen molar-refractivity contribution in [1.29, 1.82) is 0 Å². The Kier molecular flexibility index (Phi) is 3.02. The van der Waals surface area contributed by atoms with Crippen molar-refractivity contribution in [3.63, 3.8) is 0 Å². The third-order valence-electron chi connectivity index (χ3n) is 2.93. The molecule has 0 radical (unpaired) electrons. The van der Waals surface area contributed by atoms with Gasteiger partial charge in [-0.05, 0) is 0 Å². The first-order chi connectivity index (χ1) is 8.45. The summed E-state index contributed by atoms with van der Waals surface area (Å²) >= 11 is 1.29. The van der Waals surface area contributed by atoms with Crippen molar-refractivity contribution in [1.82, 2.24) is 14.1 Å². The Hall–Kier alpha value is -1.46. The Balaban J connectivity index is 1.93. The second kappa shape index (κ2) is 4.81. The molecule has 1 saturated heterocycles. The number of aromatic nitrogens is 2. The molecule has 17 heavy (non-hydrogen) atoms. The van der Waals surface area contributed by atoms with Crippen LogP contribution in [0.1, 0.15) is 0 Å². The molecule has 1 aromatic heterocycles. The lowest BCUT2D eigenvalue weighted by Gasteiger charge is -2.27. The van der Waals surface area contributed by atoms with Gasteiger partial charge >= 0.3 is 0 Å². The van der Waals surface area contributed by atoms with Gasteiger partial charge in [0.15, 0.2) is 5.82 Å². The largest absolute Gasteiger partial charge is 0.351 e. The summed E-state index contributed by atoms with van der Waals surface area (Å²) in [6.45, 7) is 4.05. The zero-order valence-corrected chi connectivity index (χ0v) is 10.3. The number of hydrogen-bond acceptors (Lipinski definition) is 5. The van der Waals surface area contributed by atoms with E-state index in [1.807, 2.05) is 18.2 Å². The van der Waals surface area contributed by atoms with Crippen LogP contribution < -0.4 is 10.2 Å². The molecule has 0 atom stereocenters. The van der Waals surface area contributed by atoms with E-state index in [-0.39, 0.29) is 0 Å². The van der Waals surface area contributed by atoms with Gasteiger partial charge in [0.1, 0.15) is 5.69 Å². The van der Waals surface area contributed by atoms with E-state index in [1.165, 1.54) is 11.7 Å². The predicted octanol–water partition coefficient (Wildman–Crippen LogP) is 1.61. The molecular formula is C12H14N4S. The summed E-state index contributed by atoms with van der Waals surface area (Å²) in [5.74, 6) is 1.03. The summed E-state index contributed by atoms with van der Waals surface area (Å²) < 4.78 is 8.88. The van der Waals surface area contributed by atoms with Crippen molar-refractivity contribution in [2.45, 2.75) is 0 Å². The standard InChI is InChI=1S/C12H14N4S/c1-2-4-10(5-3-1)11-12(15-17-14-11)16-8-6-13-7-9-16/h1-5,13H,6-9H2. The average Bonchev–Trinajstić information content (AvgIpc) is 2.90. The second-order valence-corrected chi connectivity index (χ2v) is 4.57. The van der Waals surface area contributed by atoms with E-state index in [9.17, 15) is 0 Å². The highest BCUT2D eigenvalue weighted by atomic mass is 32.1. The molecule has 0 unspecified atom stereocenters. The van der Waals surface area contributed by atoms with Gasteiger partial charge in [0.2, 0.25) is 0 Å². The van der Waals surface area contributed by atoms with Crippen LogP contribution in [0.2, 0.25) is 0 Å². The maximum atomic E-state index is 4.44. The second-order valence-electron chi connectivity index (χ2n) is 4.04. The predicted molar refractivity (Wildman–Crippen MR) is 70.4 cm³/mol. The minimum Gasteiger partial charge on any atom is -0.351 e. The van der Waals surface area contributed by atoms with Crippen molar-refractivity contribution in [3.05, 3.63) is 30.3 Å². The van der Waals surface area contributed by atoms with Crippen LogP contribution in [0.3, 0.4) is 0 Å². The van der Waals surface area contributed by atoms with E-state index in [0.717, 1.165) is 43.3 Å². The number of piperazine rings is 1. The van der Waals surface area contributed by atoms with Gasteiger partial charge in [-0.1, -0.05) is 30.3 Å². The quantitative estimate of drug-likeness (QED) is 0.874. The van der Waals surface area contributed by atoms with Crippen LogP contribution in [-0.2, 0) is 0 Å². The SMILES string of the molecule is c1ccc(-c2nsnc2N2CCNCC2)cc1. The Labute approximate surface area is 105 Å². The minimum absolute atomic E-state index is 1.01. The molecular weight excluding hydrogens is 232 g/mol. The molecule has 0 bridgehead atoms. The monoisotopic (exact) mass is 246 g/mol. The number of nitrogens with zero attached hydrogens (tertiary/aromatic N) is 3. The maximum absolute atomic E-state index is 4.44. The highest BCUT2D eigenvalue weighted by Gasteiger charge is 2.18. The summed E-state index contributed by atoms with van der Waals surface area (Å²) in [4.78, 5) is 2.31. The Bertz CT molecular complexity index is 476. The summed E-state index contributed by atoms with van der Waals surface area (Å²) in [6.07, 6.45) is 0. The lowest BCUT2D eigenvalue weighted by atomic mass is 10.1. The van der Waals surface area contributed by atoms with Gasteiger partial charge in [-0.3, -0.25) is 0 Å². The maximum Gasteiger partial charge on any atom is 0.170 e. The molecule has 2 aromatic rings. The summed E-state index contributed by atoms with van der Waals surface area (Å²) in [5, 5.41) is 3.35. The van der Waals surface area contributed by atoms with E-state index in [2.05, 4.69) is 31.1 Å². The zero-order chi connectivity index (χ0) is 11.5. The van der Waals surface area contributed by atoms with E-state index < -0.39 is 0 Å². The third kappa shape index (κ3) is 2.16. The van der Waals surface area contributed by atoms with Gasteiger partial charge in [0.05, 0.1) is 11.7 Å². The first-order valence-corrected chi connectivity index (χ1v) is 6.52. The molecule has 2 heterocycles. The molecule has 5 heteroatoms. The van der Waals surface area contributed by atoms with Crippen LogP contribution in [0, 0.1) is 0 Å². The Morgan fingerprint density at radius 3 is 2.59 bits per heavy atom. The topological polar surface area (TPSA) is 41.1 Å². The summed E-state index contributed by atoms with van der Waals surface area (Å²) in [7, 11) is 0. The van der Waals surface area contributed by atoms with Crippen molar-refractivity contribution < 1.29 is 0 Å². The fourth-order valence-electron chi connectivity index (χ4n) is 2.05. The molecule has 0 aliphatic carbocycles. The van der Waals surface area contributed by atoms with Crippen LogP contribution in [0.4, 0.5) is 5.82 Å². The highest BCUT2D eigenvalue weighted by molar-refractivity contribution is 6.99. The van der Waals surface area contributed by atoms with Crippen LogP contribution in [-0.4, -0.2) is 34.9 Å². The molecule has 1 aliphatic rings. The van der Waals surface area contributed by atoms with Gasteiger partial charge in [-0.2, -0.15) is 8.75 Å². The van der Waals surface area contributed by atoms with Crippen LogP contribution >= 0.6 is 11.7 Å². The third-order valence-corrected chi connectivity index (χ3v) is 3.45.